The van der Waals surface area contributed by atoms with Gasteiger partial charge in [0, 0.05) is 19.6 Å². The summed E-state index contributed by atoms with van der Waals surface area (Å²) in [5.74, 6) is 0. The van der Waals surface area contributed by atoms with E-state index in [0.29, 0.717) is 24.5 Å². The Hall–Kier alpha value is -1.21. The van der Waals surface area contributed by atoms with Gasteiger partial charge in [0.15, 0.2) is 0 Å². The third-order valence-electron chi connectivity index (χ3n) is 2.73. The number of anilines is 2. The van der Waals surface area contributed by atoms with Gasteiger partial charge in [-0.3, -0.25) is 14.1 Å². The number of hydrogen-bond acceptors (Lipinski definition) is 6. The lowest BCUT2D eigenvalue weighted by atomic mass is 10.1. The highest BCUT2D eigenvalue weighted by Crippen LogP contribution is 2.35. The van der Waals surface area contributed by atoms with Gasteiger partial charge in [-0.1, -0.05) is 0 Å². The molecule has 8 nitrogen and oxygen atoms in total. The molecule has 0 fully saturated rings. The number of hydrogen-bond donors (Lipinski definition) is 3. The largest absolute Gasteiger partial charge is 0.469 e. The summed E-state index contributed by atoms with van der Waals surface area (Å²) >= 11 is 0. The van der Waals surface area contributed by atoms with Crippen LogP contribution in [-0.4, -0.2) is 36.0 Å². The molecule has 1 heterocycles. The molecule has 1 aliphatic rings. The molecule has 9 heteroatoms. The van der Waals surface area contributed by atoms with E-state index in [4.69, 9.17) is 9.79 Å². The normalized spacial score (nSPS) is 16.2. The van der Waals surface area contributed by atoms with Gasteiger partial charge in [0.05, 0.1) is 6.61 Å². The van der Waals surface area contributed by atoms with Crippen LogP contribution in [0.25, 0.3) is 0 Å². The van der Waals surface area contributed by atoms with Crippen molar-refractivity contribution < 1.29 is 18.9 Å². The molecule has 2 rings (SSSR count). The van der Waals surface area contributed by atoms with Crippen molar-refractivity contribution in [2.45, 2.75) is 6.42 Å². The van der Waals surface area contributed by atoms with E-state index in [1.807, 2.05) is 0 Å². The van der Waals surface area contributed by atoms with Gasteiger partial charge >= 0.3 is 7.82 Å². The van der Waals surface area contributed by atoms with Crippen molar-refractivity contribution in [3.05, 3.63) is 20.4 Å². The maximum atomic E-state index is 11.4. The first-order valence-corrected chi connectivity index (χ1v) is 6.95. The van der Waals surface area contributed by atoms with Crippen molar-refractivity contribution in [2.24, 2.45) is 0 Å². The molecule has 0 saturated heterocycles. The second-order valence-corrected chi connectivity index (χ2v) is 5.21. The lowest BCUT2D eigenvalue weighted by Gasteiger charge is -2.24. The molecule has 1 aromatic carbocycles. The number of rotatable bonds is 4. The van der Waals surface area contributed by atoms with Gasteiger partial charge in [-0.15, -0.1) is 0 Å². The summed E-state index contributed by atoms with van der Waals surface area (Å²) in [7, 11) is -4.50. The number of nitrogens with zero attached hydrogens (tertiary/aromatic N) is 1. The predicted molar refractivity (Wildman–Crippen MR) is 64.7 cm³/mol. The van der Waals surface area contributed by atoms with Gasteiger partial charge in [0.25, 0.3) is 10.9 Å². The lowest BCUT2D eigenvalue weighted by Crippen LogP contribution is -2.42. The van der Waals surface area contributed by atoms with Crippen molar-refractivity contribution in [1.29, 1.82) is 0 Å². The summed E-state index contributed by atoms with van der Waals surface area (Å²) in [5, 5.41) is 2.87. The monoisotopic (exact) mass is 276 g/mol. The Kier molecular flexibility index (Phi) is 3.54. The average molecular weight is 276 g/mol. The van der Waals surface area contributed by atoms with E-state index in [9.17, 15) is 14.2 Å². The van der Waals surface area contributed by atoms with Gasteiger partial charge < -0.3 is 20.0 Å². The molecular formula is C9H13N2O6P. The van der Waals surface area contributed by atoms with Gasteiger partial charge in [0.2, 0.25) is 0 Å². The number of phosphoric acid groups is 1. The highest BCUT2D eigenvalue weighted by Gasteiger charge is 2.27. The van der Waals surface area contributed by atoms with E-state index < -0.39 is 18.7 Å². The molecule has 0 radical (unpaired) electrons. The summed E-state index contributed by atoms with van der Waals surface area (Å²) < 4.78 is 14.9. The molecule has 0 atom stereocenters. The zero-order chi connectivity index (χ0) is 13.3. The van der Waals surface area contributed by atoms with Crippen LogP contribution in [0.15, 0.2) is 9.59 Å². The summed E-state index contributed by atoms with van der Waals surface area (Å²) in [6.45, 7) is 1.08. The van der Waals surface area contributed by atoms with Crippen molar-refractivity contribution in [3.63, 3.8) is 0 Å². The summed E-state index contributed by atoms with van der Waals surface area (Å²) in [6, 6.07) is 0. The molecule has 1 aromatic rings. The van der Waals surface area contributed by atoms with Crippen molar-refractivity contribution >= 4 is 19.2 Å². The maximum absolute atomic E-state index is 11.4. The third-order valence-corrected chi connectivity index (χ3v) is 3.25. The second-order valence-electron chi connectivity index (χ2n) is 3.97. The van der Waals surface area contributed by atoms with Crippen molar-refractivity contribution in [3.8, 4) is 0 Å². The Balaban J connectivity index is 2.05. The first-order valence-electron chi connectivity index (χ1n) is 5.42. The van der Waals surface area contributed by atoms with E-state index in [1.54, 1.807) is 4.90 Å². The lowest BCUT2D eigenvalue weighted by molar-refractivity contribution is 0.201. The first-order chi connectivity index (χ1) is 8.40. The Morgan fingerprint density at radius 3 is 2.72 bits per heavy atom. The van der Waals surface area contributed by atoms with E-state index >= 15 is 0 Å². The van der Waals surface area contributed by atoms with E-state index in [1.165, 1.54) is 0 Å². The van der Waals surface area contributed by atoms with Crippen LogP contribution in [0.5, 0.6) is 0 Å². The van der Waals surface area contributed by atoms with Crippen LogP contribution in [0.2, 0.25) is 0 Å². The van der Waals surface area contributed by atoms with Gasteiger partial charge in [-0.2, -0.15) is 0 Å². The summed E-state index contributed by atoms with van der Waals surface area (Å²) in [6.07, 6.45) is 0.726. The van der Waals surface area contributed by atoms with Crippen molar-refractivity contribution in [2.75, 3.05) is 36.5 Å². The molecule has 0 aromatic heterocycles. The molecule has 0 spiro atoms. The molecule has 0 bridgehead atoms. The molecule has 0 saturated carbocycles. The first kappa shape index (κ1) is 13.2. The topological polar surface area (TPSA) is 116 Å². The van der Waals surface area contributed by atoms with Crippen LogP contribution >= 0.6 is 7.82 Å². The Morgan fingerprint density at radius 1 is 1.33 bits per heavy atom. The zero-order valence-electron chi connectivity index (χ0n) is 9.46. The highest BCUT2D eigenvalue weighted by atomic mass is 31.2. The molecule has 100 valence electrons. The van der Waals surface area contributed by atoms with Crippen LogP contribution in [0.4, 0.5) is 11.4 Å². The fourth-order valence-electron chi connectivity index (χ4n) is 1.93. The minimum Gasteiger partial charge on any atom is -0.380 e. The molecule has 0 aliphatic carbocycles. The summed E-state index contributed by atoms with van der Waals surface area (Å²) in [5.41, 5.74) is -0.496. The predicted octanol–water partition coefficient (Wildman–Crippen LogP) is -0.986. The molecule has 18 heavy (non-hydrogen) atoms. The number of nitrogens with one attached hydrogen (secondary N) is 1. The average Bonchev–Trinajstić information content (AvgIpc) is 2.47. The van der Waals surface area contributed by atoms with E-state index in [-0.39, 0.29) is 13.2 Å². The molecule has 3 N–H and O–H groups in total. The van der Waals surface area contributed by atoms with Crippen LogP contribution in [0.3, 0.4) is 0 Å². The standard InChI is InChI=1S/C9H13N2O6P/c12-8-6-7(9(8)13)11(3-1-2-10-6)4-5-17-18(14,15)16/h10H,1-5H2,(H2,14,15,16). The van der Waals surface area contributed by atoms with Gasteiger partial charge in [0.1, 0.15) is 11.4 Å². The Labute approximate surface area is 102 Å². The zero-order valence-corrected chi connectivity index (χ0v) is 10.4. The fourth-order valence-corrected chi connectivity index (χ4v) is 2.25. The van der Waals surface area contributed by atoms with Crippen LogP contribution in [0, 0.1) is 0 Å². The Bertz CT molecular complexity index is 558. The minimum atomic E-state index is -4.50. The Morgan fingerprint density at radius 2 is 2.06 bits per heavy atom. The SMILES string of the molecule is O=c1c2c(c1=O)N(CCOP(=O)(O)O)CCCN2. The van der Waals surface area contributed by atoms with E-state index in [2.05, 4.69) is 9.84 Å². The van der Waals surface area contributed by atoms with Crippen molar-refractivity contribution in [1.82, 2.24) is 0 Å². The van der Waals surface area contributed by atoms with Crippen LogP contribution in [0.1, 0.15) is 6.42 Å². The maximum Gasteiger partial charge on any atom is 0.469 e. The molecule has 0 unspecified atom stereocenters. The highest BCUT2D eigenvalue weighted by molar-refractivity contribution is 7.46. The second kappa shape index (κ2) is 4.81. The van der Waals surface area contributed by atoms with Gasteiger partial charge in [-0.25, -0.2) is 4.57 Å². The number of phosphoric ester groups is 1. The quantitative estimate of drug-likeness (QED) is 0.474. The summed E-state index contributed by atoms with van der Waals surface area (Å²) in [4.78, 5) is 41.4. The minimum absolute atomic E-state index is 0.157. The molecular weight excluding hydrogens is 263 g/mol. The van der Waals surface area contributed by atoms with E-state index in [0.717, 1.165) is 6.42 Å². The molecule has 1 aliphatic heterocycles. The van der Waals surface area contributed by atoms with Gasteiger partial charge in [-0.05, 0) is 6.42 Å². The van der Waals surface area contributed by atoms with Crippen LogP contribution in [-0.2, 0) is 9.09 Å². The fraction of sp³-hybridized carbons (Fsp3) is 0.556. The number of fused-ring (bicyclic) bond motifs is 1. The third kappa shape index (κ3) is 2.62. The van der Waals surface area contributed by atoms with Crippen LogP contribution < -0.4 is 21.1 Å². The smallest absolute Gasteiger partial charge is 0.380 e. The molecule has 0 amide bonds.